The number of hydrogen-bond acceptors (Lipinski definition) is 5. The highest BCUT2D eigenvalue weighted by atomic mass is 32.2. The maximum atomic E-state index is 12.3. The van der Waals surface area contributed by atoms with Crippen LogP contribution in [0.5, 0.6) is 0 Å². The Labute approximate surface area is 157 Å². The third-order valence-corrected chi connectivity index (χ3v) is 5.09. The molecule has 0 aliphatic carbocycles. The van der Waals surface area contributed by atoms with Crippen molar-refractivity contribution in [1.82, 2.24) is 14.9 Å². The van der Waals surface area contributed by atoms with Gasteiger partial charge in [-0.3, -0.25) is 9.59 Å². The Bertz CT molecular complexity index is 783. The summed E-state index contributed by atoms with van der Waals surface area (Å²) < 4.78 is 5.33. The van der Waals surface area contributed by atoms with Crippen LogP contribution < -0.4 is 0 Å². The normalized spacial score (nSPS) is 17.6. The number of aromatic amines is 1. The quantitative estimate of drug-likeness (QED) is 0.813. The average Bonchev–Trinajstić information content (AvgIpc) is 3.19. The number of thioether (sulfide) groups is 1. The van der Waals surface area contributed by atoms with Gasteiger partial charge in [0.25, 0.3) is 0 Å². The van der Waals surface area contributed by atoms with E-state index in [2.05, 4.69) is 9.97 Å². The summed E-state index contributed by atoms with van der Waals surface area (Å²) in [6, 6.07) is 9.83. The molecule has 1 fully saturated rings. The van der Waals surface area contributed by atoms with Gasteiger partial charge in [0.05, 0.1) is 24.1 Å². The monoisotopic (exact) mass is 373 g/mol. The number of benzene rings is 1. The predicted octanol–water partition coefficient (Wildman–Crippen LogP) is 3.38. The molecule has 1 aliphatic heterocycles. The zero-order valence-corrected chi connectivity index (χ0v) is 16.0. The number of hydrogen-bond donors (Lipinski definition) is 1. The molecule has 0 radical (unpaired) electrons. The summed E-state index contributed by atoms with van der Waals surface area (Å²) in [4.78, 5) is 33.7. The van der Waals surface area contributed by atoms with Gasteiger partial charge in [0.2, 0.25) is 5.91 Å². The first-order valence-corrected chi connectivity index (χ1v) is 9.61. The number of rotatable bonds is 5. The van der Waals surface area contributed by atoms with Gasteiger partial charge in [-0.05, 0) is 20.8 Å². The molecule has 1 saturated heterocycles. The number of esters is 1. The van der Waals surface area contributed by atoms with E-state index in [0.29, 0.717) is 12.3 Å². The van der Waals surface area contributed by atoms with Gasteiger partial charge in [-0.15, -0.1) is 11.8 Å². The molecule has 1 atom stereocenters. The lowest BCUT2D eigenvalue weighted by Crippen LogP contribution is -2.32. The first kappa shape index (κ1) is 18.5. The van der Waals surface area contributed by atoms with Gasteiger partial charge < -0.3 is 14.6 Å². The van der Waals surface area contributed by atoms with Gasteiger partial charge in [0.1, 0.15) is 16.8 Å². The molecule has 1 aromatic heterocycles. The van der Waals surface area contributed by atoms with Crippen LogP contribution in [-0.2, 0) is 14.3 Å². The Morgan fingerprint density at radius 3 is 2.77 bits per heavy atom. The van der Waals surface area contributed by atoms with Crippen LogP contribution in [0.3, 0.4) is 0 Å². The third kappa shape index (κ3) is 4.46. The first-order chi connectivity index (χ1) is 12.3. The van der Waals surface area contributed by atoms with Crippen molar-refractivity contribution in [2.24, 2.45) is 0 Å². The van der Waals surface area contributed by atoms with Crippen LogP contribution in [0.1, 0.15) is 38.3 Å². The van der Waals surface area contributed by atoms with Crippen molar-refractivity contribution in [3.8, 4) is 11.4 Å². The van der Waals surface area contributed by atoms with Gasteiger partial charge in [0, 0.05) is 12.1 Å². The van der Waals surface area contributed by atoms with Crippen molar-refractivity contribution >= 4 is 23.6 Å². The maximum Gasteiger partial charge on any atom is 0.308 e. The van der Waals surface area contributed by atoms with E-state index in [4.69, 9.17) is 4.74 Å². The second-order valence-electron chi connectivity index (χ2n) is 7.14. The van der Waals surface area contributed by atoms with Crippen molar-refractivity contribution in [1.29, 1.82) is 0 Å². The topological polar surface area (TPSA) is 75.3 Å². The molecule has 7 heteroatoms. The molecule has 0 saturated carbocycles. The van der Waals surface area contributed by atoms with Crippen molar-refractivity contribution in [3.63, 3.8) is 0 Å². The zero-order valence-electron chi connectivity index (χ0n) is 15.2. The van der Waals surface area contributed by atoms with Crippen LogP contribution in [0.25, 0.3) is 11.4 Å². The molecule has 6 nitrogen and oxygen atoms in total. The lowest BCUT2D eigenvalue weighted by atomic mass is 10.2. The van der Waals surface area contributed by atoms with Gasteiger partial charge in [0.15, 0.2) is 0 Å². The Morgan fingerprint density at radius 2 is 2.08 bits per heavy atom. The molecule has 0 spiro atoms. The molecule has 1 amide bonds. The number of aromatic nitrogens is 2. The number of carbonyl (C=O) groups excluding carboxylic acids is 2. The van der Waals surface area contributed by atoms with E-state index < -0.39 is 5.60 Å². The second kappa shape index (κ2) is 7.53. The van der Waals surface area contributed by atoms with Crippen LogP contribution >= 0.6 is 11.8 Å². The minimum Gasteiger partial charge on any atom is -0.460 e. The van der Waals surface area contributed by atoms with Crippen molar-refractivity contribution in [3.05, 3.63) is 42.2 Å². The lowest BCUT2D eigenvalue weighted by molar-refractivity contribution is -0.155. The Balaban J connectivity index is 1.68. The van der Waals surface area contributed by atoms with Crippen molar-refractivity contribution in [2.45, 2.75) is 38.2 Å². The maximum absolute atomic E-state index is 12.3. The van der Waals surface area contributed by atoms with E-state index in [1.807, 2.05) is 51.1 Å². The smallest absolute Gasteiger partial charge is 0.308 e. The predicted molar refractivity (Wildman–Crippen MR) is 101 cm³/mol. The van der Waals surface area contributed by atoms with Gasteiger partial charge in [-0.1, -0.05) is 30.3 Å². The Kier molecular flexibility index (Phi) is 5.36. The molecule has 138 valence electrons. The molecule has 1 aromatic carbocycles. The Hall–Kier alpha value is -2.28. The highest BCUT2D eigenvalue weighted by Crippen LogP contribution is 2.38. The minimum absolute atomic E-state index is 0.0272. The van der Waals surface area contributed by atoms with Gasteiger partial charge >= 0.3 is 5.97 Å². The molecule has 1 N–H and O–H groups in total. The summed E-state index contributed by atoms with van der Waals surface area (Å²) in [6.45, 7) is 5.84. The van der Waals surface area contributed by atoms with E-state index in [0.717, 1.165) is 17.1 Å². The number of ether oxygens (including phenoxy) is 1. The zero-order chi connectivity index (χ0) is 18.7. The van der Waals surface area contributed by atoms with Gasteiger partial charge in [-0.25, -0.2) is 4.98 Å². The summed E-state index contributed by atoms with van der Waals surface area (Å²) in [5.41, 5.74) is 1.34. The Morgan fingerprint density at radius 1 is 1.35 bits per heavy atom. The minimum atomic E-state index is -0.520. The number of nitrogens with one attached hydrogen (secondary N) is 1. The molecule has 2 heterocycles. The molecule has 1 unspecified atom stereocenters. The molecule has 0 bridgehead atoms. The number of H-pyrrole nitrogens is 1. The number of amides is 1. The fraction of sp³-hybridized carbons (Fsp3) is 0.421. The number of carbonyl (C=O) groups is 2. The summed E-state index contributed by atoms with van der Waals surface area (Å²) >= 11 is 1.54. The molecule has 26 heavy (non-hydrogen) atoms. The fourth-order valence-corrected chi connectivity index (χ4v) is 3.93. The van der Waals surface area contributed by atoms with Crippen LogP contribution in [0.15, 0.2) is 36.5 Å². The summed E-state index contributed by atoms with van der Waals surface area (Å²) in [5.74, 6) is 0.904. The van der Waals surface area contributed by atoms with Crippen LogP contribution in [0.2, 0.25) is 0 Å². The summed E-state index contributed by atoms with van der Waals surface area (Å²) in [6.07, 6.45) is 1.94. The molecule has 3 rings (SSSR count). The van der Waals surface area contributed by atoms with E-state index >= 15 is 0 Å². The highest BCUT2D eigenvalue weighted by Gasteiger charge is 2.34. The second-order valence-corrected chi connectivity index (χ2v) is 8.21. The standard InChI is InChI=1S/C19H23N3O3S/c1-19(2,3)25-16(24)9-10-22-15(23)12-26-18(22)14-11-20-17(21-14)13-7-5-4-6-8-13/h4-8,11,18H,9-10,12H2,1-3H3,(H,20,21). The summed E-state index contributed by atoms with van der Waals surface area (Å²) in [7, 11) is 0. The SMILES string of the molecule is CC(C)(C)OC(=O)CCN1C(=O)CSC1c1cnc(-c2ccccc2)[nH]1. The van der Waals surface area contributed by atoms with Crippen LogP contribution in [0.4, 0.5) is 0 Å². The summed E-state index contributed by atoms with van der Waals surface area (Å²) in [5, 5.41) is -0.158. The van der Waals surface area contributed by atoms with E-state index in [9.17, 15) is 9.59 Å². The molecule has 2 aromatic rings. The largest absolute Gasteiger partial charge is 0.460 e. The van der Waals surface area contributed by atoms with Crippen LogP contribution in [0, 0.1) is 0 Å². The lowest BCUT2D eigenvalue weighted by Gasteiger charge is -2.24. The third-order valence-electron chi connectivity index (χ3n) is 3.85. The molecular formula is C19H23N3O3S. The van der Waals surface area contributed by atoms with Crippen molar-refractivity contribution < 1.29 is 14.3 Å². The number of nitrogens with zero attached hydrogens (tertiary/aromatic N) is 2. The van der Waals surface area contributed by atoms with E-state index in [-0.39, 0.29) is 23.7 Å². The van der Waals surface area contributed by atoms with Gasteiger partial charge in [-0.2, -0.15) is 0 Å². The number of imidazole rings is 1. The highest BCUT2D eigenvalue weighted by molar-refractivity contribution is 8.00. The first-order valence-electron chi connectivity index (χ1n) is 8.57. The average molecular weight is 373 g/mol. The van der Waals surface area contributed by atoms with Crippen molar-refractivity contribution in [2.75, 3.05) is 12.3 Å². The van der Waals surface area contributed by atoms with E-state index in [1.54, 1.807) is 11.1 Å². The fourth-order valence-electron chi connectivity index (χ4n) is 2.76. The van der Waals surface area contributed by atoms with Crippen LogP contribution in [-0.4, -0.2) is 44.6 Å². The molecule has 1 aliphatic rings. The van der Waals surface area contributed by atoms with E-state index in [1.165, 1.54) is 11.8 Å². The molecular weight excluding hydrogens is 350 g/mol.